The van der Waals surface area contributed by atoms with Gasteiger partial charge in [0.1, 0.15) is 0 Å². The van der Waals surface area contributed by atoms with E-state index in [-0.39, 0.29) is 5.03 Å². The molecule has 6 nitrogen and oxygen atoms in total. The van der Waals surface area contributed by atoms with E-state index < -0.39 is 10.0 Å². The largest absolute Gasteiger partial charge is 0.313 e. The highest BCUT2D eigenvalue weighted by Gasteiger charge is 2.29. The Morgan fingerprint density at radius 3 is 2.79 bits per heavy atom. The van der Waals surface area contributed by atoms with Gasteiger partial charge < -0.3 is 5.32 Å². The Morgan fingerprint density at radius 1 is 1.37 bits per heavy atom. The quantitative estimate of drug-likeness (QED) is 0.767. The smallest absolute Gasteiger partial charge is 0.260 e. The van der Waals surface area contributed by atoms with Crippen molar-refractivity contribution in [3.05, 3.63) is 11.8 Å². The van der Waals surface area contributed by atoms with Gasteiger partial charge >= 0.3 is 0 Å². The van der Waals surface area contributed by atoms with Crippen molar-refractivity contribution in [2.75, 3.05) is 19.6 Å². The first kappa shape index (κ1) is 14.5. The number of H-pyrrole nitrogens is 1. The number of nitrogens with one attached hydrogen (secondary N) is 2. The highest BCUT2D eigenvalue weighted by molar-refractivity contribution is 7.89. The van der Waals surface area contributed by atoms with Crippen molar-refractivity contribution in [2.24, 2.45) is 0 Å². The van der Waals surface area contributed by atoms with Crippen molar-refractivity contribution in [3.8, 4) is 0 Å². The number of hydrogen-bond acceptors (Lipinski definition) is 4. The molecule has 2 N–H and O–H groups in total. The van der Waals surface area contributed by atoms with Gasteiger partial charge in [-0.2, -0.15) is 9.40 Å². The van der Waals surface area contributed by atoms with E-state index in [1.807, 2.05) is 0 Å². The number of hydrogen-bond donors (Lipinski definition) is 2. The van der Waals surface area contributed by atoms with E-state index in [2.05, 4.69) is 22.4 Å². The van der Waals surface area contributed by atoms with Gasteiger partial charge in [-0.15, -0.1) is 0 Å². The SMILES string of the molecule is CCCNCc1cn[nH]c1S(=O)(=O)N1CCCCC1. The summed E-state index contributed by atoms with van der Waals surface area (Å²) in [7, 11) is -3.41. The van der Waals surface area contributed by atoms with Gasteiger partial charge in [0, 0.05) is 25.2 Å². The summed E-state index contributed by atoms with van der Waals surface area (Å²) in [6, 6.07) is 0. The lowest BCUT2D eigenvalue weighted by Crippen LogP contribution is -2.36. The van der Waals surface area contributed by atoms with E-state index in [0.717, 1.165) is 37.8 Å². The van der Waals surface area contributed by atoms with E-state index >= 15 is 0 Å². The monoisotopic (exact) mass is 286 g/mol. The predicted octanol–water partition coefficient (Wildman–Crippen LogP) is 1.08. The van der Waals surface area contributed by atoms with Crippen molar-refractivity contribution >= 4 is 10.0 Å². The van der Waals surface area contributed by atoms with Gasteiger partial charge in [-0.25, -0.2) is 8.42 Å². The third-order valence-corrected chi connectivity index (χ3v) is 5.25. The van der Waals surface area contributed by atoms with Crippen LogP contribution in [0, 0.1) is 0 Å². The molecule has 0 radical (unpaired) electrons. The molecule has 2 heterocycles. The number of rotatable bonds is 6. The van der Waals surface area contributed by atoms with Crippen LogP contribution >= 0.6 is 0 Å². The Labute approximate surface area is 114 Å². The van der Waals surface area contributed by atoms with E-state index in [1.54, 1.807) is 10.5 Å². The van der Waals surface area contributed by atoms with Crippen LogP contribution in [-0.2, 0) is 16.6 Å². The maximum absolute atomic E-state index is 12.5. The molecule has 2 rings (SSSR count). The average Bonchev–Trinajstić information content (AvgIpc) is 2.89. The first-order valence-electron chi connectivity index (χ1n) is 6.89. The molecule has 1 fully saturated rings. The summed E-state index contributed by atoms with van der Waals surface area (Å²) in [5, 5.41) is 10.00. The van der Waals surface area contributed by atoms with Crippen LogP contribution in [0.3, 0.4) is 0 Å². The molecule has 7 heteroatoms. The van der Waals surface area contributed by atoms with Crippen LogP contribution in [0.1, 0.15) is 38.2 Å². The average molecular weight is 286 g/mol. The summed E-state index contributed by atoms with van der Waals surface area (Å²) in [6.45, 7) is 4.71. The lowest BCUT2D eigenvalue weighted by Gasteiger charge is -2.25. The fraction of sp³-hybridized carbons (Fsp3) is 0.750. The summed E-state index contributed by atoms with van der Waals surface area (Å²) >= 11 is 0. The van der Waals surface area contributed by atoms with Crippen molar-refractivity contribution in [1.82, 2.24) is 19.8 Å². The maximum atomic E-state index is 12.5. The van der Waals surface area contributed by atoms with E-state index in [1.165, 1.54) is 0 Å². The van der Waals surface area contributed by atoms with Crippen LogP contribution in [0.5, 0.6) is 0 Å². The Bertz CT molecular complexity index is 492. The molecule has 1 aromatic heterocycles. The first-order chi connectivity index (χ1) is 9.16. The van der Waals surface area contributed by atoms with Gasteiger partial charge in [-0.1, -0.05) is 13.3 Å². The second-order valence-corrected chi connectivity index (χ2v) is 6.74. The Morgan fingerprint density at radius 2 is 2.11 bits per heavy atom. The number of sulfonamides is 1. The highest BCUT2D eigenvalue weighted by atomic mass is 32.2. The fourth-order valence-corrected chi connectivity index (χ4v) is 3.90. The summed E-state index contributed by atoms with van der Waals surface area (Å²) in [5.74, 6) is 0. The second-order valence-electron chi connectivity index (χ2n) is 4.87. The standard InChI is InChI=1S/C12H22N4O2S/c1-2-6-13-9-11-10-14-15-12(11)19(17,18)16-7-4-3-5-8-16/h10,13H,2-9H2,1H3,(H,14,15). The molecule has 19 heavy (non-hydrogen) atoms. The molecule has 0 amide bonds. The van der Waals surface area contributed by atoms with Crippen LogP contribution in [0.4, 0.5) is 0 Å². The number of aromatic nitrogens is 2. The molecule has 0 aromatic carbocycles. The zero-order chi connectivity index (χ0) is 13.7. The molecule has 0 spiro atoms. The highest BCUT2D eigenvalue weighted by Crippen LogP contribution is 2.21. The van der Waals surface area contributed by atoms with Crippen molar-refractivity contribution in [2.45, 2.75) is 44.2 Å². The van der Waals surface area contributed by atoms with E-state index in [4.69, 9.17) is 0 Å². The molecular weight excluding hydrogens is 264 g/mol. The van der Waals surface area contributed by atoms with Crippen LogP contribution in [-0.4, -0.2) is 42.6 Å². The van der Waals surface area contributed by atoms with Gasteiger partial charge in [-0.05, 0) is 25.8 Å². The maximum Gasteiger partial charge on any atom is 0.260 e. The van der Waals surface area contributed by atoms with Gasteiger partial charge in [0.25, 0.3) is 10.0 Å². The van der Waals surface area contributed by atoms with Crippen molar-refractivity contribution in [3.63, 3.8) is 0 Å². The fourth-order valence-electron chi connectivity index (χ4n) is 2.28. The Kier molecular flexibility index (Phi) is 4.95. The third-order valence-electron chi connectivity index (χ3n) is 3.33. The molecule has 0 unspecified atom stereocenters. The van der Waals surface area contributed by atoms with Gasteiger partial charge in [0.05, 0.1) is 6.20 Å². The molecule has 0 bridgehead atoms. The molecule has 1 saturated heterocycles. The summed E-state index contributed by atoms with van der Waals surface area (Å²) < 4.78 is 26.6. The molecule has 0 aliphatic carbocycles. The van der Waals surface area contributed by atoms with Gasteiger partial charge in [-0.3, -0.25) is 5.10 Å². The van der Waals surface area contributed by atoms with Crippen LogP contribution in [0.25, 0.3) is 0 Å². The minimum absolute atomic E-state index is 0.248. The third kappa shape index (κ3) is 3.34. The topological polar surface area (TPSA) is 78.1 Å². The molecule has 0 atom stereocenters. The van der Waals surface area contributed by atoms with E-state index in [0.29, 0.717) is 19.6 Å². The van der Waals surface area contributed by atoms with Crippen LogP contribution in [0.15, 0.2) is 11.2 Å². The lowest BCUT2D eigenvalue weighted by molar-refractivity contribution is 0.345. The zero-order valence-electron chi connectivity index (χ0n) is 11.4. The molecule has 1 aromatic rings. The second kappa shape index (κ2) is 6.49. The zero-order valence-corrected chi connectivity index (χ0v) is 12.2. The van der Waals surface area contributed by atoms with Crippen molar-refractivity contribution in [1.29, 1.82) is 0 Å². The summed E-state index contributed by atoms with van der Waals surface area (Å²) in [5.41, 5.74) is 0.721. The minimum atomic E-state index is -3.41. The minimum Gasteiger partial charge on any atom is -0.313 e. The van der Waals surface area contributed by atoms with Crippen LogP contribution in [0.2, 0.25) is 0 Å². The molecule has 1 aliphatic heterocycles. The first-order valence-corrected chi connectivity index (χ1v) is 8.33. The van der Waals surface area contributed by atoms with Gasteiger partial charge in [0.2, 0.25) is 0 Å². The summed E-state index contributed by atoms with van der Waals surface area (Å²) in [4.78, 5) is 0. The number of piperidine rings is 1. The van der Waals surface area contributed by atoms with E-state index in [9.17, 15) is 8.42 Å². The Balaban J connectivity index is 2.13. The predicted molar refractivity (Wildman–Crippen MR) is 73.2 cm³/mol. The normalized spacial score (nSPS) is 17.7. The molecule has 108 valence electrons. The number of aromatic amines is 1. The lowest BCUT2D eigenvalue weighted by atomic mass is 10.2. The summed E-state index contributed by atoms with van der Waals surface area (Å²) in [6.07, 6.45) is 5.61. The van der Waals surface area contributed by atoms with Crippen molar-refractivity contribution < 1.29 is 8.42 Å². The molecule has 0 saturated carbocycles. The number of nitrogens with zero attached hydrogens (tertiary/aromatic N) is 2. The molecule has 1 aliphatic rings. The van der Waals surface area contributed by atoms with Crippen LogP contribution < -0.4 is 5.32 Å². The van der Waals surface area contributed by atoms with Gasteiger partial charge in [0.15, 0.2) is 5.03 Å². The molecular formula is C12H22N4O2S. The Hall–Kier alpha value is -0.920.